The summed E-state index contributed by atoms with van der Waals surface area (Å²) < 4.78 is 28.9. The van der Waals surface area contributed by atoms with Crippen LogP contribution in [0.25, 0.3) is 5.69 Å². The quantitative estimate of drug-likeness (QED) is 0.618. The molecule has 146 valence electrons. The van der Waals surface area contributed by atoms with E-state index < -0.39 is 23.6 Å². The van der Waals surface area contributed by atoms with Gasteiger partial charge in [-0.2, -0.15) is 5.10 Å². The molecule has 1 unspecified atom stereocenters. The van der Waals surface area contributed by atoms with E-state index in [0.717, 1.165) is 22.3 Å². The Morgan fingerprint density at radius 2 is 1.86 bits per heavy atom. The minimum Gasteiger partial charge on any atom is -0.387 e. The summed E-state index contributed by atoms with van der Waals surface area (Å²) in [6.45, 7) is 3.36. The van der Waals surface area contributed by atoms with Crippen LogP contribution in [0.3, 0.4) is 0 Å². The Morgan fingerprint density at radius 1 is 1.18 bits per heavy atom. The lowest BCUT2D eigenvalue weighted by molar-refractivity contribution is 0.0915. The molecule has 5 nitrogen and oxygen atoms in total. The maximum absolute atomic E-state index is 13.3. The first kappa shape index (κ1) is 20.2. The van der Waals surface area contributed by atoms with Crippen molar-refractivity contribution in [2.24, 2.45) is 0 Å². The second-order valence-electron chi connectivity index (χ2n) is 6.33. The molecule has 1 aromatic heterocycles. The van der Waals surface area contributed by atoms with Crippen LogP contribution in [-0.2, 0) is 0 Å². The molecule has 0 radical (unpaired) electrons. The number of amides is 1. The summed E-state index contributed by atoms with van der Waals surface area (Å²) in [5, 5.41) is 17.2. The SMILES string of the molecule is Cc1nn(-c2ccc(Br)cc2)c(C)c1C(=O)NCC(O)c1ccc(F)c(F)c1. The predicted molar refractivity (Wildman–Crippen MR) is 104 cm³/mol. The standard InChI is InChI=1S/C20H18BrF2N3O2/c1-11-19(12(2)26(25-11)15-6-4-14(21)5-7-15)20(28)24-10-18(27)13-3-8-16(22)17(23)9-13/h3-9,18,27H,10H2,1-2H3,(H,24,28). The summed E-state index contributed by atoms with van der Waals surface area (Å²) in [5.41, 5.74) is 2.59. The summed E-state index contributed by atoms with van der Waals surface area (Å²) in [6, 6.07) is 10.6. The molecule has 8 heteroatoms. The van der Waals surface area contributed by atoms with Crippen molar-refractivity contribution in [3.05, 3.63) is 81.1 Å². The molecular weight excluding hydrogens is 432 g/mol. The highest BCUT2D eigenvalue weighted by atomic mass is 79.9. The van der Waals surface area contributed by atoms with Crippen molar-refractivity contribution in [3.8, 4) is 5.69 Å². The van der Waals surface area contributed by atoms with Gasteiger partial charge in [-0.15, -0.1) is 0 Å². The highest BCUT2D eigenvalue weighted by Crippen LogP contribution is 2.20. The molecule has 0 aliphatic heterocycles. The van der Waals surface area contributed by atoms with Crippen LogP contribution in [0.2, 0.25) is 0 Å². The van der Waals surface area contributed by atoms with Crippen molar-refractivity contribution in [1.29, 1.82) is 0 Å². The highest BCUT2D eigenvalue weighted by molar-refractivity contribution is 9.10. The van der Waals surface area contributed by atoms with E-state index >= 15 is 0 Å². The third-order valence-corrected chi connectivity index (χ3v) is 4.90. The molecule has 1 atom stereocenters. The minimum atomic E-state index is -1.17. The minimum absolute atomic E-state index is 0.147. The first-order chi connectivity index (χ1) is 13.3. The molecule has 2 aromatic carbocycles. The number of nitrogens with one attached hydrogen (secondary N) is 1. The van der Waals surface area contributed by atoms with Gasteiger partial charge in [-0.3, -0.25) is 4.79 Å². The number of aryl methyl sites for hydroxylation is 1. The zero-order chi connectivity index (χ0) is 20.4. The first-order valence-electron chi connectivity index (χ1n) is 8.51. The molecule has 0 aliphatic carbocycles. The van der Waals surface area contributed by atoms with Crippen LogP contribution in [0.15, 0.2) is 46.9 Å². The number of carbonyl (C=O) groups is 1. The molecule has 0 saturated heterocycles. The number of hydrogen-bond donors (Lipinski definition) is 2. The van der Waals surface area contributed by atoms with Crippen molar-refractivity contribution in [2.45, 2.75) is 20.0 Å². The van der Waals surface area contributed by atoms with Crippen LogP contribution in [0.5, 0.6) is 0 Å². The van der Waals surface area contributed by atoms with Gasteiger partial charge >= 0.3 is 0 Å². The van der Waals surface area contributed by atoms with Gasteiger partial charge in [0.1, 0.15) is 0 Å². The Morgan fingerprint density at radius 3 is 2.50 bits per heavy atom. The van der Waals surface area contributed by atoms with Gasteiger partial charge in [0.05, 0.1) is 28.7 Å². The molecule has 0 spiro atoms. The second kappa shape index (κ2) is 8.20. The molecule has 1 heterocycles. The van der Waals surface area contributed by atoms with E-state index in [1.165, 1.54) is 6.07 Å². The Balaban J connectivity index is 1.75. The van der Waals surface area contributed by atoms with Gasteiger partial charge in [0.2, 0.25) is 0 Å². The normalized spacial score (nSPS) is 12.1. The number of hydrogen-bond acceptors (Lipinski definition) is 3. The second-order valence-corrected chi connectivity index (χ2v) is 7.25. The third kappa shape index (κ3) is 4.13. The summed E-state index contributed by atoms with van der Waals surface area (Å²) in [5.74, 6) is -2.45. The highest BCUT2D eigenvalue weighted by Gasteiger charge is 2.20. The molecule has 3 aromatic rings. The molecule has 1 amide bonds. The van der Waals surface area contributed by atoms with Crippen molar-refractivity contribution in [3.63, 3.8) is 0 Å². The third-order valence-electron chi connectivity index (χ3n) is 4.37. The van der Waals surface area contributed by atoms with Gasteiger partial charge < -0.3 is 10.4 Å². The fraction of sp³-hybridized carbons (Fsp3) is 0.200. The average Bonchev–Trinajstić information content (AvgIpc) is 2.96. The van der Waals surface area contributed by atoms with Gasteiger partial charge in [0.15, 0.2) is 11.6 Å². The van der Waals surface area contributed by atoms with Crippen molar-refractivity contribution in [1.82, 2.24) is 15.1 Å². The summed E-state index contributed by atoms with van der Waals surface area (Å²) in [7, 11) is 0. The maximum atomic E-state index is 13.3. The lowest BCUT2D eigenvalue weighted by Gasteiger charge is -2.13. The van der Waals surface area contributed by atoms with E-state index in [1.54, 1.807) is 18.5 Å². The lowest BCUT2D eigenvalue weighted by atomic mass is 10.1. The number of benzene rings is 2. The largest absolute Gasteiger partial charge is 0.387 e. The predicted octanol–water partition coefficient (Wildman–Crippen LogP) is 3.99. The summed E-state index contributed by atoms with van der Waals surface area (Å²) in [4.78, 5) is 12.6. The number of aliphatic hydroxyl groups excluding tert-OH is 1. The van der Waals surface area contributed by atoms with E-state index in [9.17, 15) is 18.7 Å². The van der Waals surface area contributed by atoms with Crippen molar-refractivity contribution < 1.29 is 18.7 Å². The summed E-state index contributed by atoms with van der Waals surface area (Å²) >= 11 is 3.38. The van der Waals surface area contributed by atoms with E-state index in [4.69, 9.17) is 0 Å². The van der Waals surface area contributed by atoms with E-state index in [2.05, 4.69) is 26.3 Å². The van der Waals surface area contributed by atoms with Crippen LogP contribution >= 0.6 is 15.9 Å². The van der Waals surface area contributed by atoms with Gasteiger partial charge in [0, 0.05) is 11.0 Å². The van der Waals surface area contributed by atoms with Crippen LogP contribution in [0.4, 0.5) is 8.78 Å². The fourth-order valence-corrected chi connectivity index (χ4v) is 3.18. The monoisotopic (exact) mass is 449 g/mol. The lowest BCUT2D eigenvalue weighted by Crippen LogP contribution is -2.29. The topological polar surface area (TPSA) is 67.2 Å². The Hall–Kier alpha value is -2.58. The summed E-state index contributed by atoms with van der Waals surface area (Å²) in [6.07, 6.45) is -1.17. The van der Waals surface area contributed by atoms with E-state index in [0.29, 0.717) is 17.0 Å². The molecule has 0 aliphatic rings. The molecule has 0 bridgehead atoms. The van der Waals surface area contributed by atoms with Crippen molar-refractivity contribution in [2.75, 3.05) is 6.54 Å². The van der Waals surface area contributed by atoms with Gasteiger partial charge in [-0.1, -0.05) is 22.0 Å². The molecule has 0 saturated carbocycles. The van der Waals surface area contributed by atoms with Crippen LogP contribution in [-0.4, -0.2) is 27.3 Å². The maximum Gasteiger partial charge on any atom is 0.255 e. The Bertz CT molecular complexity index is 1020. The molecule has 28 heavy (non-hydrogen) atoms. The molecule has 0 fully saturated rings. The zero-order valence-electron chi connectivity index (χ0n) is 15.2. The zero-order valence-corrected chi connectivity index (χ0v) is 16.8. The van der Waals surface area contributed by atoms with Crippen LogP contribution in [0, 0.1) is 25.5 Å². The molecule has 3 rings (SSSR count). The number of rotatable bonds is 5. The fourth-order valence-electron chi connectivity index (χ4n) is 2.92. The number of aromatic nitrogens is 2. The Labute approximate surface area is 169 Å². The van der Waals surface area contributed by atoms with Crippen LogP contribution in [0.1, 0.15) is 33.4 Å². The van der Waals surface area contributed by atoms with Gasteiger partial charge in [-0.05, 0) is 55.8 Å². The van der Waals surface area contributed by atoms with Crippen molar-refractivity contribution >= 4 is 21.8 Å². The Kier molecular flexibility index (Phi) is 5.90. The van der Waals surface area contributed by atoms with E-state index in [-0.39, 0.29) is 12.1 Å². The molecule has 2 N–H and O–H groups in total. The molecular formula is C20H18BrF2N3O2. The first-order valence-corrected chi connectivity index (χ1v) is 9.30. The van der Waals surface area contributed by atoms with Gasteiger partial charge in [-0.25, -0.2) is 13.5 Å². The average molecular weight is 450 g/mol. The van der Waals surface area contributed by atoms with E-state index in [1.807, 2.05) is 24.3 Å². The van der Waals surface area contributed by atoms with Crippen LogP contribution < -0.4 is 5.32 Å². The number of aliphatic hydroxyl groups is 1. The number of nitrogens with zero attached hydrogens (tertiary/aromatic N) is 2. The van der Waals surface area contributed by atoms with Gasteiger partial charge in [0.25, 0.3) is 5.91 Å². The number of halogens is 3. The smallest absolute Gasteiger partial charge is 0.255 e. The number of carbonyl (C=O) groups excluding carboxylic acids is 1.